The second-order valence-corrected chi connectivity index (χ2v) is 7.60. The monoisotopic (exact) mass is 337 g/mol. The molecule has 9 heteroatoms. The van der Waals surface area contributed by atoms with Gasteiger partial charge < -0.3 is 30.9 Å². The highest BCUT2D eigenvalue weighted by Crippen LogP contribution is 2.40. The molecule has 22 heavy (non-hydrogen) atoms. The number of nitrogens with two attached hydrogens (primary N) is 2. The van der Waals surface area contributed by atoms with Crippen molar-refractivity contribution in [1.82, 2.24) is 4.90 Å². The Balaban J connectivity index is 2.43. The number of hydrogen-bond acceptors (Lipinski definition) is 6. The molecule has 0 bridgehead atoms. The molecule has 6 N–H and O–H groups in total. The zero-order valence-electron chi connectivity index (χ0n) is 12.9. The van der Waals surface area contributed by atoms with Gasteiger partial charge in [-0.2, -0.15) is 0 Å². The van der Waals surface area contributed by atoms with Gasteiger partial charge in [0.1, 0.15) is 0 Å². The lowest BCUT2D eigenvalue weighted by Crippen LogP contribution is -2.37. The molecule has 0 aromatic heterocycles. The minimum absolute atomic E-state index is 0.00424. The van der Waals surface area contributed by atoms with Crippen LogP contribution < -0.4 is 11.5 Å². The van der Waals surface area contributed by atoms with Crippen molar-refractivity contribution in [1.29, 1.82) is 0 Å². The van der Waals surface area contributed by atoms with Crippen LogP contribution in [0.4, 0.5) is 0 Å². The summed E-state index contributed by atoms with van der Waals surface area (Å²) in [4.78, 5) is 23.2. The van der Waals surface area contributed by atoms with Gasteiger partial charge in [-0.05, 0) is 25.8 Å². The first-order valence-corrected chi connectivity index (χ1v) is 9.46. The zero-order chi connectivity index (χ0) is 16.6. The van der Waals surface area contributed by atoms with Crippen LogP contribution in [0.15, 0.2) is 0 Å². The third kappa shape index (κ3) is 6.32. The Bertz CT molecular complexity index is 396. The number of nitrogens with zero attached hydrogens (tertiary/aromatic N) is 1. The quantitative estimate of drug-likeness (QED) is 0.321. The van der Waals surface area contributed by atoms with E-state index < -0.39 is 13.9 Å². The number of rotatable bonds is 10. The van der Waals surface area contributed by atoms with E-state index in [0.717, 1.165) is 19.3 Å². The number of carbonyl (C=O) groups excluding carboxylic acids is 1. The zero-order valence-corrected chi connectivity index (χ0v) is 13.8. The Kier molecular flexibility index (Phi) is 8.53. The fourth-order valence-corrected chi connectivity index (χ4v) is 3.18. The summed E-state index contributed by atoms with van der Waals surface area (Å²) in [5.41, 5.74) is 10.6. The van der Waals surface area contributed by atoms with E-state index in [0.29, 0.717) is 25.9 Å². The standard InChI is InChI=1S/C13H28N3O5P/c14-5-3-1-2-4-13(18)16-7-11(6-12(16)8-17)9-21-22(19,20)10-15/h11-12,17H,1-10,14-15H2,(H,19,20)/t11?,12-/m0/s1. The highest BCUT2D eigenvalue weighted by molar-refractivity contribution is 7.52. The van der Waals surface area contributed by atoms with Gasteiger partial charge >= 0.3 is 7.60 Å². The van der Waals surface area contributed by atoms with E-state index in [2.05, 4.69) is 0 Å². The predicted molar refractivity (Wildman–Crippen MR) is 83.0 cm³/mol. The van der Waals surface area contributed by atoms with Crippen LogP contribution >= 0.6 is 7.60 Å². The Morgan fingerprint density at radius 1 is 1.32 bits per heavy atom. The van der Waals surface area contributed by atoms with Crippen LogP contribution in [-0.2, 0) is 13.9 Å². The van der Waals surface area contributed by atoms with E-state index in [1.807, 2.05) is 0 Å². The van der Waals surface area contributed by atoms with Gasteiger partial charge in [0.25, 0.3) is 0 Å². The molecule has 1 saturated heterocycles. The lowest BCUT2D eigenvalue weighted by Gasteiger charge is -2.23. The molecule has 130 valence electrons. The smallest absolute Gasteiger partial charge is 0.341 e. The predicted octanol–water partition coefficient (Wildman–Crippen LogP) is -0.167. The van der Waals surface area contributed by atoms with Crippen LogP contribution in [0, 0.1) is 5.92 Å². The summed E-state index contributed by atoms with van der Waals surface area (Å²) in [7, 11) is -3.72. The molecular formula is C13H28N3O5P. The minimum atomic E-state index is -3.72. The van der Waals surface area contributed by atoms with Crippen molar-refractivity contribution in [2.45, 2.75) is 38.1 Å². The number of aliphatic hydroxyl groups is 1. The normalized spacial score (nSPS) is 24.5. The molecule has 1 amide bonds. The second-order valence-electron chi connectivity index (χ2n) is 5.70. The van der Waals surface area contributed by atoms with E-state index >= 15 is 0 Å². The van der Waals surface area contributed by atoms with Crippen LogP contribution in [0.2, 0.25) is 0 Å². The highest BCUT2D eigenvalue weighted by Gasteiger charge is 2.35. The molecule has 0 aromatic carbocycles. The van der Waals surface area contributed by atoms with Gasteiger partial charge in [0.15, 0.2) is 0 Å². The fraction of sp³-hybridized carbons (Fsp3) is 0.923. The van der Waals surface area contributed by atoms with Gasteiger partial charge in [-0.3, -0.25) is 9.36 Å². The van der Waals surface area contributed by atoms with Gasteiger partial charge in [0, 0.05) is 18.9 Å². The number of hydrogen-bond donors (Lipinski definition) is 4. The van der Waals surface area contributed by atoms with Gasteiger partial charge in [0.05, 0.1) is 25.5 Å². The van der Waals surface area contributed by atoms with Crippen molar-refractivity contribution < 1.29 is 23.9 Å². The van der Waals surface area contributed by atoms with Crippen molar-refractivity contribution >= 4 is 13.5 Å². The highest BCUT2D eigenvalue weighted by atomic mass is 31.2. The van der Waals surface area contributed by atoms with Crippen LogP contribution in [0.25, 0.3) is 0 Å². The van der Waals surface area contributed by atoms with Crippen LogP contribution in [0.1, 0.15) is 32.1 Å². The number of likely N-dealkylation sites (tertiary alicyclic amines) is 1. The minimum Gasteiger partial charge on any atom is -0.394 e. The van der Waals surface area contributed by atoms with Crippen LogP contribution in [-0.4, -0.2) is 59.4 Å². The molecule has 1 aliphatic rings. The maximum absolute atomic E-state index is 12.2. The molecule has 0 radical (unpaired) electrons. The molecule has 1 aliphatic heterocycles. The first-order chi connectivity index (χ1) is 10.4. The second kappa shape index (κ2) is 9.60. The summed E-state index contributed by atoms with van der Waals surface area (Å²) >= 11 is 0. The van der Waals surface area contributed by atoms with Crippen LogP contribution in [0.5, 0.6) is 0 Å². The molecule has 1 rings (SSSR count). The number of aliphatic hydroxyl groups excluding tert-OH is 1. The molecule has 8 nitrogen and oxygen atoms in total. The fourth-order valence-electron chi connectivity index (χ4n) is 2.63. The van der Waals surface area contributed by atoms with Crippen molar-refractivity contribution in [2.24, 2.45) is 17.4 Å². The number of amides is 1. The summed E-state index contributed by atoms with van der Waals surface area (Å²) < 4.78 is 16.3. The van der Waals surface area contributed by atoms with Crippen molar-refractivity contribution in [2.75, 3.05) is 32.6 Å². The summed E-state index contributed by atoms with van der Waals surface area (Å²) in [6, 6.07) is -0.244. The van der Waals surface area contributed by atoms with Crippen molar-refractivity contribution in [3.05, 3.63) is 0 Å². The molecule has 0 aromatic rings. The van der Waals surface area contributed by atoms with Gasteiger partial charge in [-0.15, -0.1) is 0 Å². The molecule has 0 spiro atoms. The number of carbonyl (C=O) groups is 1. The Morgan fingerprint density at radius 2 is 2.05 bits per heavy atom. The molecule has 0 saturated carbocycles. The molecular weight excluding hydrogens is 309 g/mol. The summed E-state index contributed by atoms with van der Waals surface area (Å²) in [6.45, 7) is 1.02. The maximum atomic E-state index is 12.2. The first-order valence-electron chi connectivity index (χ1n) is 7.70. The first kappa shape index (κ1) is 19.5. The van der Waals surface area contributed by atoms with Crippen molar-refractivity contribution in [3.63, 3.8) is 0 Å². The maximum Gasteiger partial charge on any atom is 0.341 e. The van der Waals surface area contributed by atoms with Gasteiger partial charge in [0.2, 0.25) is 5.91 Å². The lowest BCUT2D eigenvalue weighted by molar-refractivity contribution is -0.133. The average molecular weight is 337 g/mol. The Labute approximate surface area is 131 Å². The third-order valence-corrected chi connectivity index (χ3v) is 4.88. The Morgan fingerprint density at radius 3 is 2.64 bits per heavy atom. The van der Waals surface area contributed by atoms with Gasteiger partial charge in [-0.1, -0.05) is 6.42 Å². The SMILES string of the molecule is NCCCCCC(=O)N1CC(COP(=O)(O)CN)C[C@H]1CO. The topological polar surface area (TPSA) is 139 Å². The van der Waals surface area contributed by atoms with E-state index in [4.69, 9.17) is 16.0 Å². The number of unbranched alkanes of at least 4 members (excludes halogenated alkanes) is 2. The summed E-state index contributed by atoms with van der Waals surface area (Å²) in [5, 5.41) is 9.41. The molecule has 1 heterocycles. The summed E-state index contributed by atoms with van der Waals surface area (Å²) in [6.07, 6.45) is 3.17. The van der Waals surface area contributed by atoms with Crippen LogP contribution in [0.3, 0.4) is 0 Å². The van der Waals surface area contributed by atoms with E-state index in [9.17, 15) is 19.4 Å². The average Bonchev–Trinajstić information content (AvgIpc) is 2.93. The Hall–Kier alpha value is -0.500. The summed E-state index contributed by atoms with van der Waals surface area (Å²) in [5.74, 6) is -0.0539. The van der Waals surface area contributed by atoms with E-state index in [-0.39, 0.29) is 31.1 Å². The molecule has 1 fully saturated rings. The van der Waals surface area contributed by atoms with E-state index in [1.165, 1.54) is 0 Å². The lowest BCUT2D eigenvalue weighted by atomic mass is 10.1. The van der Waals surface area contributed by atoms with Crippen molar-refractivity contribution in [3.8, 4) is 0 Å². The molecule has 2 unspecified atom stereocenters. The molecule has 0 aliphatic carbocycles. The molecule has 3 atom stereocenters. The largest absolute Gasteiger partial charge is 0.394 e. The van der Waals surface area contributed by atoms with E-state index in [1.54, 1.807) is 4.90 Å². The third-order valence-electron chi connectivity index (χ3n) is 3.87. The van der Waals surface area contributed by atoms with Gasteiger partial charge in [-0.25, -0.2) is 0 Å².